The highest BCUT2D eigenvalue weighted by atomic mass is 32.2. The monoisotopic (exact) mass is 487 g/mol. The Balaban J connectivity index is 1.36. The molecule has 0 radical (unpaired) electrons. The van der Waals surface area contributed by atoms with Crippen molar-refractivity contribution in [1.29, 1.82) is 0 Å². The van der Waals surface area contributed by atoms with Crippen molar-refractivity contribution in [3.8, 4) is 5.75 Å². The molecule has 0 bridgehead atoms. The first-order valence-corrected chi connectivity index (χ1v) is 12.7. The van der Waals surface area contributed by atoms with Gasteiger partial charge in [-0.05, 0) is 43.4 Å². The predicted molar refractivity (Wildman–Crippen MR) is 130 cm³/mol. The summed E-state index contributed by atoms with van der Waals surface area (Å²) in [5, 5.41) is 16.5. The van der Waals surface area contributed by atoms with E-state index in [4.69, 9.17) is 4.42 Å². The van der Waals surface area contributed by atoms with Crippen LogP contribution in [0.5, 0.6) is 5.75 Å². The summed E-state index contributed by atoms with van der Waals surface area (Å²) >= 11 is 3.16. The van der Waals surface area contributed by atoms with Crippen LogP contribution in [0, 0.1) is 6.92 Å². The molecule has 1 aliphatic rings. The number of amides is 2. The Labute approximate surface area is 198 Å². The first-order chi connectivity index (χ1) is 15.9. The maximum atomic E-state index is 12.8. The van der Waals surface area contributed by atoms with Gasteiger partial charge in [0.05, 0.1) is 10.2 Å². The highest BCUT2D eigenvalue weighted by molar-refractivity contribution is 7.99. The molecule has 0 saturated carbocycles. The van der Waals surface area contributed by atoms with Crippen LogP contribution in [0.25, 0.3) is 10.2 Å². The van der Waals surface area contributed by atoms with Gasteiger partial charge in [0.2, 0.25) is 23.0 Å². The second-order valence-corrected chi connectivity index (χ2v) is 10.4. The van der Waals surface area contributed by atoms with Crippen molar-refractivity contribution in [2.24, 2.45) is 0 Å². The van der Waals surface area contributed by atoms with Gasteiger partial charge in [-0.1, -0.05) is 23.5 Å². The van der Waals surface area contributed by atoms with Gasteiger partial charge in [0.15, 0.2) is 10.9 Å². The smallest absolute Gasteiger partial charge is 0.227 e. The minimum atomic E-state index is -0.742. The molecule has 10 heteroatoms. The third-order valence-corrected chi connectivity index (χ3v) is 7.63. The van der Waals surface area contributed by atoms with Gasteiger partial charge >= 0.3 is 0 Å². The van der Waals surface area contributed by atoms with Crippen LogP contribution in [-0.4, -0.2) is 40.0 Å². The van der Waals surface area contributed by atoms with Gasteiger partial charge in [-0.3, -0.25) is 14.4 Å². The van der Waals surface area contributed by atoms with Crippen molar-refractivity contribution in [3.05, 3.63) is 52.1 Å². The molecule has 0 aliphatic carbocycles. The third kappa shape index (κ3) is 5.39. The summed E-state index contributed by atoms with van der Waals surface area (Å²) in [6.07, 6.45) is 1.41. The number of anilines is 1. The number of carbonyl (C=O) groups excluding carboxylic acids is 2. The first-order valence-electron chi connectivity index (χ1n) is 10.7. The molecular weight excluding hydrogens is 462 g/mol. The van der Waals surface area contributed by atoms with Crippen molar-refractivity contribution in [1.82, 2.24) is 10.3 Å². The summed E-state index contributed by atoms with van der Waals surface area (Å²) in [4.78, 5) is 41.5. The van der Waals surface area contributed by atoms with E-state index in [1.165, 1.54) is 17.4 Å². The molecule has 174 valence electrons. The third-order valence-electron chi connectivity index (χ3n) is 5.69. The lowest BCUT2D eigenvalue weighted by molar-refractivity contribution is -0.122. The molecule has 1 aliphatic heterocycles. The molecule has 3 aromatic rings. The van der Waals surface area contributed by atoms with E-state index in [9.17, 15) is 19.5 Å². The van der Waals surface area contributed by atoms with Crippen LogP contribution in [0.15, 0.2) is 39.5 Å². The molecule has 0 spiro atoms. The van der Waals surface area contributed by atoms with E-state index in [1.807, 2.05) is 24.3 Å². The van der Waals surface area contributed by atoms with Crippen LogP contribution in [-0.2, 0) is 15.0 Å². The Hall–Kier alpha value is -2.85. The number of hydrogen-bond acceptors (Lipinski definition) is 8. The molecule has 1 fully saturated rings. The number of thioether (sulfide) groups is 1. The molecule has 3 N–H and O–H groups in total. The summed E-state index contributed by atoms with van der Waals surface area (Å²) < 4.78 is 6.75. The van der Waals surface area contributed by atoms with E-state index in [-0.39, 0.29) is 37.0 Å². The molecule has 1 saturated heterocycles. The SMILES string of the molecule is Cc1cc(=O)c(O)c(C2(CC(=O)NCCC(=O)Nc3nc4ccccc4s3)CCSCC2)o1. The minimum absolute atomic E-state index is 0.0764. The second-order valence-electron chi connectivity index (χ2n) is 8.10. The Kier molecular flexibility index (Phi) is 7.04. The second kappa shape index (κ2) is 9.96. The summed E-state index contributed by atoms with van der Waals surface area (Å²) in [6, 6.07) is 8.88. The molecule has 33 heavy (non-hydrogen) atoms. The molecule has 4 rings (SSSR count). The number of carbonyl (C=O) groups is 2. The highest BCUT2D eigenvalue weighted by Crippen LogP contribution is 2.44. The number of para-hydroxylation sites is 1. The normalized spacial score (nSPS) is 15.3. The Morgan fingerprint density at radius 2 is 1.97 bits per heavy atom. The van der Waals surface area contributed by atoms with Gasteiger partial charge in [-0.15, -0.1) is 0 Å². The van der Waals surface area contributed by atoms with E-state index in [0.29, 0.717) is 23.7 Å². The summed E-state index contributed by atoms with van der Waals surface area (Å²) in [5.41, 5.74) is -0.417. The van der Waals surface area contributed by atoms with E-state index in [2.05, 4.69) is 15.6 Å². The van der Waals surface area contributed by atoms with Crippen LogP contribution in [0.1, 0.15) is 37.2 Å². The highest BCUT2D eigenvalue weighted by Gasteiger charge is 2.41. The lowest BCUT2D eigenvalue weighted by Gasteiger charge is -2.35. The first kappa shape index (κ1) is 23.3. The number of benzene rings is 1. The van der Waals surface area contributed by atoms with Crippen LogP contribution in [0.3, 0.4) is 0 Å². The van der Waals surface area contributed by atoms with Crippen LogP contribution in [0.2, 0.25) is 0 Å². The maximum absolute atomic E-state index is 12.8. The van der Waals surface area contributed by atoms with Crippen molar-refractivity contribution in [3.63, 3.8) is 0 Å². The molecule has 8 nitrogen and oxygen atoms in total. The number of aromatic hydroxyl groups is 1. The summed E-state index contributed by atoms with van der Waals surface area (Å²) in [6.45, 7) is 1.82. The molecule has 3 heterocycles. The Morgan fingerprint density at radius 1 is 1.21 bits per heavy atom. The minimum Gasteiger partial charge on any atom is -0.502 e. The quantitative estimate of drug-likeness (QED) is 0.466. The van der Waals surface area contributed by atoms with E-state index >= 15 is 0 Å². The molecule has 2 amide bonds. The number of hydrogen-bond donors (Lipinski definition) is 3. The average Bonchev–Trinajstić information content (AvgIpc) is 3.19. The molecule has 0 atom stereocenters. The zero-order chi connectivity index (χ0) is 23.4. The van der Waals surface area contributed by atoms with Crippen molar-refractivity contribution in [2.75, 3.05) is 23.4 Å². The van der Waals surface area contributed by atoms with Crippen LogP contribution in [0.4, 0.5) is 5.13 Å². The number of rotatable bonds is 7. The van der Waals surface area contributed by atoms with Gasteiger partial charge < -0.3 is 20.2 Å². The number of fused-ring (bicyclic) bond motifs is 1. The van der Waals surface area contributed by atoms with Gasteiger partial charge in [0.1, 0.15) is 5.76 Å². The lowest BCUT2D eigenvalue weighted by atomic mass is 9.75. The molecule has 0 unspecified atom stereocenters. The predicted octanol–water partition coefficient (Wildman–Crippen LogP) is 3.56. The molecular formula is C23H25N3O5S2. The van der Waals surface area contributed by atoms with Gasteiger partial charge in [0.25, 0.3) is 0 Å². The van der Waals surface area contributed by atoms with E-state index < -0.39 is 16.6 Å². The fourth-order valence-electron chi connectivity index (χ4n) is 4.00. The van der Waals surface area contributed by atoms with E-state index in [0.717, 1.165) is 21.7 Å². The topological polar surface area (TPSA) is 122 Å². The van der Waals surface area contributed by atoms with Crippen LogP contribution < -0.4 is 16.1 Å². The largest absolute Gasteiger partial charge is 0.502 e. The lowest BCUT2D eigenvalue weighted by Crippen LogP contribution is -2.39. The molecule has 2 aromatic heterocycles. The molecule has 1 aromatic carbocycles. The summed E-state index contributed by atoms with van der Waals surface area (Å²) in [5.74, 6) is 1.28. The zero-order valence-electron chi connectivity index (χ0n) is 18.2. The van der Waals surface area contributed by atoms with Crippen molar-refractivity contribution in [2.45, 2.75) is 38.0 Å². The number of aromatic nitrogens is 1. The zero-order valence-corrected chi connectivity index (χ0v) is 19.8. The van der Waals surface area contributed by atoms with Gasteiger partial charge in [0, 0.05) is 30.9 Å². The number of nitrogens with one attached hydrogen (secondary N) is 2. The number of thiazole rings is 1. The Bertz CT molecular complexity index is 1200. The van der Waals surface area contributed by atoms with E-state index in [1.54, 1.807) is 18.7 Å². The van der Waals surface area contributed by atoms with Crippen molar-refractivity contribution >= 4 is 50.3 Å². The van der Waals surface area contributed by atoms with Crippen molar-refractivity contribution < 1.29 is 19.1 Å². The average molecular weight is 488 g/mol. The van der Waals surface area contributed by atoms with Gasteiger partial charge in [-0.2, -0.15) is 11.8 Å². The fraction of sp³-hybridized carbons (Fsp3) is 0.391. The number of aryl methyl sites for hydroxylation is 1. The maximum Gasteiger partial charge on any atom is 0.227 e. The fourth-order valence-corrected chi connectivity index (χ4v) is 6.16. The Morgan fingerprint density at radius 3 is 2.73 bits per heavy atom. The summed E-state index contributed by atoms with van der Waals surface area (Å²) in [7, 11) is 0. The number of nitrogens with zero attached hydrogens (tertiary/aromatic N) is 1. The van der Waals surface area contributed by atoms with Crippen LogP contribution >= 0.6 is 23.1 Å². The van der Waals surface area contributed by atoms with Gasteiger partial charge in [-0.25, -0.2) is 4.98 Å². The standard InChI is InChI=1S/C23H25N3O5S2/c1-14-12-16(27)20(30)21(31-14)23(7-10-32-11-8-23)13-19(29)24-9-6-18(28)26-22-25-15-4-2-3-5-17(15)33-22/h2-5,12,30H,6-11,13H2,1H3,(H,24,29)(H,25,26,28).